The summed E-state index contributed by atoms with van der Waals surface area (Å²) in [5.41, 5.74) is 0.957. The highest BCUT2D eigenvalue weighted by Gasteiger charge is 2.44. The maximum atomic E-state index is 14.5. The lowest BCUT2D eigenvalue weighted by Gasteiger charge is -2.23. The van der Waals surface area contributed by atoms with Crippen LogP contribution in [0.15, 0.2) is 28.7 Å². The number of hydrogen-bond acceptors (Lipinski definition) is 2. The molecule has 1 heterocycles. The van der Waals surface area contributed by atoms with Crippen LogP contribution < -0.4 is 0 Å². The second kappa shape index (κ2) is 6.77. The standard InChI is InChI=1S/C17H23F2NO2S/c1-12(20-23(21)16(2,3)4)13-7-5-8-14(11-13)17(18,19)15-9-6-10-22-15/h5,7-8,11,15H,6,9-10H2,1-4H3/b20-12+/t15?,23-/m1/s1. The first kappa shape index (κ1) is 18.2. The van der Waals surface area contributed by atoms with Crippen LogP contribution in [-0.2, 0) is 21.6 Å². The molecule has 0 N–H and O–H groups in total. The Bertz CT molecular complexity index is 617. The number of hydrogen-bond donors (Lipinski definition) is 0. The van der Waals surface area contributed by atoms with Gasteiger partial charge in [-0.25, -0.2) is 4.21 Å². The third-order valence-corrected chi connectivity index (χ3v) is 5.23. The van der Waals surface area contributed by atoms with Crippen molar-refractivity contribution in [2.24, 2.45) is 4.40 Å². The summed E-state index contributed by atoms with van der Waals surface area (Å²) in [7, 11) is -1.42. The highest BCUT2D eigenvalue weighted by atomic mass is 32.2. The summed E-state index contributed by atoms with van der Waals surface area (Å²) >= 11 is 0. The van der Waals surface area contributed by atoms with Crippen molar-refractivity contribution in [2.45, 2.75) is 57.3 Å². The molecule has 1 unspecified atom stereocenters. The first-order valence-corrected chi connectivity index (χ1v) is 8.80. The minimum absolute atomic E-state index is 0.0852. The molecule has 2 atom stereocenters. The summed E-state index contributed by atoms with van der Waals surface area (Å²) in [5, 5.41) is 0. The Morgan fingerprint density at radius 1 is 1.35 bits per heavy atom. The molecule has 1 aliphatic heterocycles. The highest BCUT2D eigenvalue weighted by molar-refractivity contribution is 7.85. The molecule has 128 valence electrons. The molecule has 6 heteroatoms. The highest BCUT2D eigenvalue weighted by Crippen LogP contribution is 2.38. The molecule has 3 nitrogen and oxygen atoms in total. The van der Waals surface area contributed by atoms with Crippen molar-refractivity contribution in [1.82, 2.24) is 0 Å². The molecule has 1 aromatic carbocycles. The minimum Gasteiger partial charge on any atom is -0.372 e. The Morgan fingerprint density at radius 2 is 2.04 bits per heavy atom. The predicted molar refractivity (Wildman–Crippen MR) is 89.4 cm³/mol. The predicted octanol–water partition coefficient (Wildman–Crippen LogP) is 4.23. The van der Waals surface area contributed by atoms with Gasteiger partial charge in [0.15, 0.2) is 0 Å². The zero-order chi connectivity index (χ0) is 17.3. The third-order valence-electron chi connectivity index (χ3n) is 3.74. The van der Waals surface area contributed by atoms with E-state index >= 15 is 0 Å². The summed E-state index contributed by atoms with van der Waals surface area (Å²) in [6, 6.07) is 6.10. The lowest BCUT2D eigenvalue weighted by molar-refractivity contribution is -0.122. The molecule has 0 aliphatic carbocycles. The monoisotopic (exact) mass is 343 g/mol. The van der Waals surface area contributed by atoms with Crippen molar-refractivity contribution in [3.63, 3.8) is 0 Å². The third kappa shape index (κ3) is 4.23. The van der Waals surface area contributed by atoms with E-state index in [1.807, 2.05) is 20.8 Å². The number of halogens is 2. The van der Waals surface area contributed by atoms with Gasteiger partial charge in [0.1, 0.15) is 17.1 Å². The molecule has 0 spiro atoms. The van der Waals surface area contributed by atoms with Gasteiger partial charge in [0.25, 0.3) is 5.92 Å². The van der Waals surface area contributed by atoms with Gasteiger partial charge >= 0.3 is 0 Å². The molecule has 0 bridgehead atoms. The summed E-state index contributed by atoms with van der Waals surface area (Å²) < 4.78 is 50.0. The van der Waals surface area contributed by atoms with Crippen LogP contribution in [0.25, 0.3) is 0 Å². The lowest BCUT2D eigenvalue weighted by Crippen LogP contribution is -2.30. The molecular weight excluding hydrogens is 320 g/mol. The van der Waals surface area contributed by atoms with E-state index in [9.17, 15) is 13.0 Å². The SMILES string of the molecule is C/C(=N\[S@](=O)C(C)(C)C)c1cccc(C(F)(F)C2CCCO2)c1. The van der Waals surface area contributed by atoms with Crippen molar-refractivity contribution in [1.29, 1.82) is 0 Å². The first-order chi connectivity index (χ1) is 10.6. The zero-order valence-corrected chi connectivity index (χ0v) is 14.8. The van der Waals surface area contributed by atoms with Crippen molar-refractivity contribution in [3.8, 4) is 0 Å². The maximum Gasteiger partial charge on any atom is 0.298 e. The molecule has 1 saturated heterocycles. The number of alkyl halides is 2. The number of nitrogens with zero attached hydrogens (tertiary/aromatic N) is 1. The van der Waals surface area contributed by atoms with E-state index in [0.717, 1.165) is 0 Å². The second-order valence-corrected chi connectivity index (χ2v) is 8.65. The van der Waals surface area contributed by atoms with Crippen LogP contribution in [-0.4, -0.2) is 27.4 Å². The van der Waals surface area contributed by atoms with Gasteiger partial charge in [-0.2, -0.15) is 13.2 Å². The normalized spacial score (nSPS) is 21.5. The average Bonchev–Trinajstić information content (AvgIpc) is 3.01. The van der Waals surface area contributed by atoms with E-state index in [2.05, 4.69) is 4.40 Å². The Labute approximate surface area is 138 Å². The smallest absolute Gasteiger partial charge is 0.298 e. The number of ether oxygens (including phenoxy) is 1. The van der Waals surface area contributed by atoms with E-state index in [1.165, 1.54) is 12.1 Å². The molecule has 23 heavy (non-hydrogen) atoms. The van der Waals surface area contributed by atoms with Gasteiger partial charge in [-0.15, -0.1) is 0 Å². The molecule has 0 saturated carbocycles. The second-order valence-electron chi connectivity index (χ2n) is 6.74. The van der Waals surface area contributed by atoms with E-state index < -0.39 is 27.8 Å². The fraction of sp³-hybridized carbons (Fsp3) is 0.588. The zero-order valence-electron chi connectivity index (χ0n) is 13.9. The Balaban J connectivity index is 2.29. The van der Waals surface area contributed by atoms with Crippen molar-refractivity contribution >= 4 is 16.7 Å². The van der Waals surface area contributed by atoms with Gasteiger partial charge < -0.3 is 4.74 Å². The van der Waals surface area contributed by atoms with E-state index in [1.54, 1.807) is 19.1 Å². The number of benzene rings is 1. The quantitative estimate of drug-likeness (QED) is 0.768. The Morgan fingerprint density at radius 3 is 2.61 bits per heavy atom. The summed E-state index contributed by atoms with van der Waals surface area (Å²) in [5.74, 6) is -3.03. The van der Waals surface area contributed by atoms with Crippen LogP contribution >= 0.6 is 0 Å². The van der Waals surface area contributed by atoms with Crippen LogP contribution in [0.2, 0.25) is 0 Å². The van der Waals surface area contributed by atoms with Gasteiger partial charge in [0.05, 0.1) is 10.5 Å². The van der Waals surface area contributed by atoms with E-state index in [4.69, 9.17) is 4.74 Å². The molecule has 0 radical (unpaired) electrons. The van der Waals surface area contributed by atoms with Crippen LogP contribution in [0.4, 0.5) is 8.78 Å². The Kier molecular flexibility index (Phi) is 5.36. The molecule has 1 aromatic rings. The van der Waals surface area contributed by atoms with Crippen LogP contribution in [0.3, 0.4) is 0 Å². The minimum atomic E-state index is -3.03. The average molecular weight is 343 g/mol. The Hall–Kier alpha value is -1.14. The number of rotatable bonds is 4. The molecule has 1 aliphatic rings. The summed E-state index contributed by atoms with van der Waals surface area (Å²) in [6.07, 6.45) is -0.0534. The van der Waals surface area contributed by atoms with E-state index in [0.29, 0.717) is 30.7 Å². The van der Waals surface area contributed by atoms with Gasteiger partial charge in [-0.3, -0.25) is 0 Å². The molecule has 0 aromatic heterocycles. The molecule has 0 amide bonds. The summed E-state index contributed by atoms with van der Waals surface area (Å²) in [6.45, 7) is 7.53. The van der Waals surface area contributed by atoms with Crippen molar-refractivity contribution < 1.29 is 17.7 Å². The van der Waals surface area contributed by atoms with Crippen molar-refractivity contribution in [2.75, 3.05) is 6.61 Å². The fourth-order valence-electron chi connectivity index (χ4n) is 2.32. The van der Waals surface area contributed by atoms with Crippen LogP contribution in [0.1, 0.15) is 51.7 Å². The lowest BCUT2D eigenvalue weighted by atomic mass is 9.98. The molecule has 2 rings (SSSR count). The fourth-order valence-corrected chi connectivity index (χ4v) is 2.94. The molecular formula is C17H23F2NO2S. The van der Waals surface area contributed by atoms with Crippen molar-refractivity contribution in [3.05, 3.63) is 35.4 Å². The van der Waals surface area contributed by atoms with E-state index in [-0.39, 0.29) is 5.56 Å². The van der Waals surface area contributed by atoms with Gasteiger partial charge in [0, 0.05) is 12.2 Å². The van der Waals surface area contributed by atoms with Crippen LogP contribution in [0, 0.1) is 0 Å². The van der Waals surface area contributed by atoms with Gasteiger partial charge in [0.2, 0.25) is 0 Å². The van der Waals surface area contributed by atoms with Crippen LogP contribution in [0.5, 0.6) is 0 Å². The van der Waals surface area contributed by atoms with Gasteiger partial charge in [-0.1, -0.05) is 18.2 Å². The maximum absolute atomic E-state index is 14.5. The van der Waals surface area contributed by atoms with Gasteiger partial charge in [-0.05, 0) is 52.2 Å². The summed E-state index contributed by atoms with van der Waals surface area (Å²) in [4.78, 5) is 0. The topological polar surface area (TPSA) is 38.7 Å². The largest absolute Gasteiger partial charge is 0.372 e. The first-order valence-electron chi connectivity index (χ1n) is 7.70. The molecule has 1 fully saturated rings.